The lowest BCUT2D eigenvalue weighted by atomic mass is 9.74. The molecule has 1 amide bonds. The van der Waals surface area contributed by atoms with Crippen LogP contribution in [0, 0.1) is 28.9 Å². The minimum atomic E-state index is -2.36. The Morgan fingerprint density at radius 1 is 1.23 bits per heavy atom. The number of nitro groups is 1. The number of nitrogens with zero attached hydrogens (tertiary/aromatic N) is 4. The highest BCUT2D eigenvalue weighted by Crippen LogP contribution is 2.54. The lowest BCUT2D eigenvalue weighted by molar-refractivity contribution is -0.384. The molecule has 1 fully saturated rings. The van der Waals surface area contributed by atoms with E-state index in [4.69, 9.17) is 4.43 Å². The Morgan fingerprint density at radius 3 is 2.34 bits per heavy atom. The van der Waals surface area contributed by atoms with Crippen molar-refractivity contribution in [1.82, 2.24) is 14.3 Å². The van der Waals surface area contributed by atoms with Gasteiger partial charge in [0.05, 0.1) is 27.9 Å². The van der Waals surface area contributed by atoms with E-state index in [0.29, 0.717) is 32.5 Å². The monoisotopic (exact) mass is 640 g/mol. The zero-order valence-corrected chi connectivity index (χ0v) is 27.7. The fourth-order valence-corrected chi connectivity index (χ4v) is 8.34. The number of nitro benzene ring substituents is 1. The number of aliphatic carboxylic acids is 1. The Labute approximate surface area is 259 Å². The first-order chi connectivity index (χ1) is 20.4. The van der Waals surface area contributed by atoms with Crippen molar-refractivity contribution in [2.75, 3.05) is 0 Å². The number of Topliss-reactive ketones (excluding diaryl/α,β-unsaturated/α-hetero) is 1. The third kappa shape index (κ3) is 4.84. The Kier molecular flexibility index (Phi) is 7.62. The van der Waals surface area contributed by atoms with E-state index in [1.807, 2.05) is 0 Å². The standard InChI is InChI=1S/C30H36N4O8SSi/c1-14(35)20-23-19(13-17-9-11-18(12-10-17)34(40)41)21(24(29(38)39)33(23)27(20)37)25-22(15(2)36)32-16(3)31-26(28(32)43-25)42-44(7,8)30(4,5)6/h9-12,14,19-20,23,35H,13H2,1-8H3,(H,38,39)/t14-,19?,20-,23-/m1/s1. The minimum absolute atomic E-state index is 0.0889. The Hall–Kier alpha value is -3.88. The molecule has 0 saturated carbocycles. The Bertz CT molecular complexity index is 1750. The number of carbonyl (C=O) groups excluding carboxylic acids is 2. The smallest absolute Gasteiger partial charge is 0.352 e. The second-order valence-electron chi connectivity index (χ2n) is 13.1. The molecule has 14 heteroatoms. The summed E-state index contributed by atoms with van der Waals surface area (Å²) in [6.07, 6.45) is -0.823. The average molecular weight is 641 g/mol. The summed E-state index contributed by atoms with van der Waals surface area (Å²) in [6.45, 7) is 15.1. The van der Waals surface area contributed by atoms with Crippen molar-refractivity contribution in [1.29, 1.82) is 0 Å². The summed E-state index contributed by atoms with van der Waals surface area (Å²) < 4.78 is 8.28. The van der Waals surface area contributed by atoms with Crippen molar-refractivity contribution in [2.24, 2.45) is 11.8 Å². The second kappa shape index (κ2) is 10.6. The summed E-state index contributed by atoms with van der Waals surface area (Å²) in [5, 5.41) is 32.2. The first-order valence-electron chi connectivity index (χ1n) is 14.3. The highest BCUT2D eigenvalue weighted by Gasteiger charge is 2.61. The van der Waals surface area contributed by atoms with Crippen LogP contribution in [0.4, 0.5) is 5.69 Å². The number of carboxylic acid groups (broad SMARTS) is 1. The van der Waals surface area contributed by atoms with Gasteiger partial charge in [0.1, 0.15) is 17.2 Å². The van der Waals surface area contributed by atoms with Crippen molar-refractivity contribution >= 4 is 53.4 Å². The van der Waals surface area contributed by atoms with E-state index < -0.39 is 49.1 Å². The van der Waals surface area contributed by atoms with Gasteiger partial charge in [-0.3, -0.25) is 24.1 Å². The van der Waals surface area contributed by atoms with E-state index in [1.54, 1.807) is 23.5 Å². The van der Waals surface area contributed by atoms with Gasteiger partial charge in [0.15, 0.2) is 10.6 Å². The number of imidazole rings is 1. The SMILES string of the molecule is CC(=O)c1c(C2=C(C(=O)O)N3C(=O)[C@H]([C@@H](C)O)[C@H]3C2Cc2ccc([N+](=O)[O-])cc2)sc2c(O[Si](C)(C)C(C)(C)C)nc(C)n12. The molecule has 5 rings (SSSR count). The van der Waals surface area contributed by atoms with Crippen LogP contribution in [-0.4, -0.2) is 67.5 Å². The summed E-state index contributed by atoms with van der Waals surface area (Å²) in [7, 11) is -2.36. The molecule has 0 bridgehead atoms. The number of carbonyl (C=O) groups is 3. The van der Waals surface area contributed by atoms with Crippen molar-refractivity contribution in [3.63, 3.8) is 0 Å². The molecule has 4 heterocycles. The van der Waals surface area contributed by atoms with Gasteiger partial charge in [-0.1, -0.05) is 32.9 Å². The molecular formula is C30H36N4O8SSi. The number of β-lactam (4-membered cyclic amide) rings is 1. The number of fused-ring (bicyclic) bond motifs is 2. The van der Waals surface area contributed by atoms with Gasteiger partial charge in [0.25, 0.3) is 14.0 Å². The van der Waals surface area contributed by atoms with Crippen LogP contribution < -0.4 is 4.43 Å². The lowest BCUT2D eigenvalue weighted by Crippen LogP contribution is -2.64. The van der Waals surface area contributed by atoms with E-state index in [-0.39, 0.29) is 34.3 Å². The second-order valence-corrected chi connectivity index (χ2v) is 18.8. The number of non-ortho nitro benzene ring substituents is 1. The van der Waals surface area contributed by atoms with Crippen molar-refractivity contribution in [3.05, 3.63) is 62.0 Å². The molecular weight excluding hydrogens is 605 g/mol. The van der Waals surface area contributed by atoms with Gasteiger partial charge < -0.3 is 19.5 Å². The molecule has 1 saturated heterocycles. The molecule has 4 atom stereocenters. The average Bonchev–Trinajstić information content (AvgIpc) is 3.51. The summed E-state index contributed by atoms with van der Waals surface area (Å²) in [4.78, 5) is 57.1. The van der Waals surface area contributed by atoms with Gasteiger partial charge >= 0.3 is 5.97 Å². The molecule has 12 nitrogen and oxygen atoms in total. The molecule has 0 aliphatic carbocycles. The third-order valence-corrected chi connectivity index (χ3v) is 14.6. The summed E-state index contributed by atoms with van der Waals surface area (Å²) in [5.74, 6) is -2.74. The molecule has 0 radical (unpaired) electrons. The van der Waals surface area contributed by atoms with Crippen LogP contribution in [0.15, 0.2) is 30.0 Å². The van der Waals surface area contributed by atoms with Gasteiger partial charge in [0.2, 0.25) is 11.8 Å². The number of amides is 1. The van der Waals surface area contributed by atoms with Crippen LogP contribution in [0.25, 0.3) is 10.4 Å². The summed E-state index contributed by atoms with van der Waals surface area (Å²) in [5.41, 5.74) is 0.919. The predicted molar refractivity (Wildman–Crippen MR) is 166 cm³/mol. The van der Waals surface area contributed by atoms with Gasteiger partial charge in [-0.25, -0.2) is 4.79 Å². The minimum Gasteiger partial charge on any atom is -0.529 e. The number of aromatic nitrogens is 2. The molecule has 44 heavy (non-hydrogen) atoms. The van der Waals surface area contributed by atoms with E-state index in [0.717, 1.165) is 0 Å². The molecule has 0 spiro atoms. The number of benzene rings is 1. The molecule has 1 aromatic carbocycles. The van der Waals surface area contributed by atoms with E-state index >= 15 is 0 Å². The van der Waals surface area contributed by atoms with E-state index in [1.165, 1.54) is 42.2 Å². The van der Waals surface area contributed by atoms with Crippen LogP contribution in [0.1, 0.15) is 61.4 Å². The summed E-state index contributed by atoms with van der Waals surface area (Å²) >= 11 is 1.20. The molecule has 2 aliphatic heterocycles. The van der Waals surface area contributed by atoms with Crippen LogP contribution >= 0.6 is 11.3 Å². The van der Waals surface area contributed by atoms with Gasteiger partial charge in [0, 0.05) is 30.5 Å². The Morgan fingerprint density at radius 2 is 1.84 bits per heavy atom. The number of hydrogen-bond acceptors (Lipinski definition) is 9. The fraction of sp³-hybridized carbons (Fsp3) is 0.467. The van der Waals surface area contributed by atoms with E-state index in [2.05, 4.69) is 38.8 Å². The number of aryl methyl sites for hydroxylation is 1. The Balaban J connectivity index is 1.74. The maximum absolute atomic E-state index is 13.3. The topological polar surface area (TPSA) is 165 Å². The number of thiazole rings is 1. The lowest BCUT2D eigenvalue weighted by Gasteiger charge is -2.47. The largest absolute Gasteiger partial charge is 0.529 e. The van der Waals surface area contributed by atoms with Crippen molar-refractivity contribution in [3.8, 4) is 5.88 Å². The van der Waals surface area contributed by atoms with Crippen LogP contribution in [0.2, 0.25) is 18.1 Å². The zero-order valence-electron chi connectivity index (χ0n) is 25.9. The highest BCUT2D eigenvalue weighted by molar-refractivity contribution is 7.19. The molecule has 2 N–H and O–H groups in total. The van der Waals surface area contributed by atoms with E-state index in [9.17, 15) is 34.7 Å². The predicted octanol–water partition coefficient (Wildman–Crippen LogP) is 5.08. The zero-order chi connectivity index (χ0) is 32.6. The van der Waals surface area contributed by atoms with Gasteiger partial charge in [-0.2, -0.15) is 4.98 Å². The quantitative estimate of drug-likeness (QED) is 0.107. The number of aliphatic hydroxyl groups is 1. The summed E-state index contributed by atoms with van der Waals surface area (Å²) in [6, 6.07) is 5.26. The highest BCUT2D eigenvalue weighted by atomic mass is 32.1. The van der Waals surface area contributed by atoms with Crippen LogP contribution in [-0.2, 0) is 16.0 Å². The molecule has 2 aromatic heterocycles. The fourth-order valence-electron chi connectivity index (χ4n) is 5.96. The maximum atomic E-state index is 13.3. The van der Waals surface area contributed by atoms with Crippen molar-refractivity contribution < 1.29 is 33.9 Å². The molecule has 1 unspecified atom stereocenters. The van der Waals surface area contributed by atoms with Gasteiger partial charge in [-0.15, -0.1) is 11.3 Å². The van der Waals surface area contributed by atoms with Crippen molar-refractivity contribution in [2.45, 2.75) is 78.2 Å². The first-order valence-corrected chi connectivity index (χ1v) is 18.0. The molecule has 2 aliphatic rings. The van der Waals surface area contributed by atoms with Gasteiger partial charge in [-0.05, 0) is 44.0 Å². The number of carboxylic acids is 1. The number of aliphatic hydroxyl groups excluding tert-OH is 1. The number of ketones is 1. The first kappa shape index (κ1) is 31.5. The van der Waals surface area contributed by atoms with Crippen LogP contribution in [0.5, 0.6) is 5.88 Å². The normalized spacial score (nSPS) is 21.0. The number of rotatable bonds is 9. The number of hydrogen-bond donors (Lipinski definition) is 2. The molecule has 3 aromatic rings. The maximum Gasteiger partial charge on any atom is 0.352 e. The third-order valence-electron chi connectivity index (χ3n) is 9.14. The molecule has 234 valence electrons. The van der Waals surface area contributed by atoms with Crippen LogP contribution in [0.3, 0.4) is 0 Å².